The summed E-state index contributed by atoms with van der Waals surface area (Å²) in [4.78, 5) is 11.2. The predicted molar refractivity (Wildman–Crippen MR) is 79.2 cm³/mol. The molecule has 2 aromatic rings. The number of rotatable bonds is 4. The number of thiophene rings is 1. The van der Waals surface area contributed by atoms with E-state index in [1.807, 2.05) is 25.1 Å². The predicted octanol–water partition coefficient (Wildman–Crippen LogP) is 4.35. The number of nitriles is 1. The molecule has 0 saturated heterocycles. The molecule has 0 aliphatic heterocycles. The van der Waals surface area contributed by atoms with Gasteiger partial charge in [-0.05, 0) is 31.2 Å². The van der Waals surface area contributed by atoms with Crippen LogP contribution in [0.15, 0.2) is 30.3 Å². The van der Waals surface area contributed by atoms with Gasteiger partial charge in [-0.1, -0.05) is 11.6 Å². The lowest BCUT2D eigenvalue weighted by Crippen LogP contribution is -2.05. The summed E-state index contributed by atoms with van der Waals surface area (Å²) in [6.07, 6.45) is 0. The van der Waals surface area contributed by atoms with Crippen molar-refractivity contribution in [1.82, 2.24) is 0 Å². The van der Waals surface area contributed by atoms with Gasteiger partial charge in [-0.2, -0.15) is 5.26 Å². The van der Waals surface area contributed by atoms with Crippen LogP contribution in [0.4, 0.5) is 11.4 Å². The van der Waals surface area contributed by atoms with E-state index < -0.39 is 4.92 Å². The number of anilines is 1. The van der Waals surface area contributed by atoms with Crippen molar-refractivity contribution in [2.45, 2.75) is 13.0 Å². The summed E-state index contributed by atoms with van der Waals surface area (Å²) in [5.74, 6) is 0. The first-order valence-electron chi connectivity index (χ1n) is 5.71. The van der Waals surface area contributed by atoms with Gasteiger partial charge in [-0.15, -0.1) is 11.3 Å². The number of hydrogen-bond acceptors (Lipinski definition) is 5. The summed E-state index contributed by atoms with van der Waals surface area (Å²) in [7, 11) is 0. The highest BCUT2D eigenvalue weighted by Crippen LogP contribution is 2.30. The third-order valence-corrected chi connectivity index (χ3v) is 4.13. The Hall–Kier alpha value is -2.10. The van der Waals surface area contributed by atoms with Gasteiger partial charge in [0, 0.05) is 16.6 Å². The average Bonchev–Trinajstić information content (AvgIpc) is 2.85. The number of halogens is 1. The second-order valence-electron chi connectivity index (χ2n) is 4.11. The molecule has 0 radical (unpaired) electrons. The zero-order valence-corrected chi connectivity index (χ0v) is 12.0. The van der Waals surface area contributed by atoms with Crippen LogP contribution in [0, 0.1) is 21.4 Å². The largest absolute Gasteiger partial charge is 0.378 e. The van der Waals surface area contributed by atoms with Gasteiger partial charge in [0.25, 0.3) is 5.69 Å². The molecule has 2 rings (SSSR count). The molecule has 20 heavy (non-hydrogen) atoms. The molecule has 1 atom stereocenters. The van der Waals surface area contributed by atoms with Crippen LogP contribution in [0.1, 0.15) is 23.4 Å². The third kappa shape index (κ3) is 3.07. The van der Waals surface area contributed by atoms with Gasteiger partial charge >= 0.3 is 0 Å². The lowest BCUT2D eigenvalue weighted by atomic mass is 10.1. The van der Waals surface area contributed by atoms with Gasteiger partial charge in [0.2, 0.25) is 0 Å². The SMILES string of the molecule is CC(Nc1ccc([N+](=O)[O-])c(C#N)c1)c1ccc(Cl)s1. The summed E-state index contributed by atoms with van der Waals surface area (Å²) >= 11 is 7.35. The van der Waals surface area contributed by atoms with Crippen LogP contribution in [0.5, 0.6) is 0 Å². The van der Waals surface area contributed by atoms with Crippen LogP contribution in [-0.2, 0) is 0 Å². The molecular formula is C13H10ClN3O2S. The van der Waals surface area contributed by atoms with Crippen LogP contribution in [-0.4, -0.2) is 4.92 Å². The van der Waals surface area contributed by atoms with E-state index in [9.17, 15) is 10.1 Å². The molecule has 1 N–H and O–H groups in total. The number of benzene rings is 1. The minimum atomic E-state index is -0.565. The monoisotopic (exact) mass is 307 g/mol. The van der Waals surface area contributed by atoms with Gasteiger partial charge in [-0.3, -0.25) is 10.1 Å². The molecule has 7 heteroatoms. The fourth-order valence-corrected chi connectivity index (χ4v) is 2.82. The number of nitrogens with one attached hydrogen (secondary N) is 1. The van der Waals surface area contributed by atoms with Crippen molar-refractivity contribution in [3.63, 3.8) is 0 Å². The molecule has 1 unspecified atom stereocenters. The van der Waals surface area contributed by atoms with E-state index in [1.54, 1.807) is 6.07 Å². The lowest BCUT2D eigenvalue weighted by Gasteiger charge is -2.13. The summed E-state index contributed by atoms with van der Waals surface area (Å²) in [6.45, 7) is 1.95. The zero-order valence-electron chi connectivity index (χ0n) is 10.5. The highest BCUT2D eigenvalue weighted by molar-refractivity contribution is 7.16. The summed E-state index contributed by atoms with van der Waals surface area (Å²) < 4.78 is 0.704. The van der Waals surface area contributed by atoms with Gasteiger partial charge < -0.3 is 5.32 Å². The van der Waals surface area contributed by atoms with E-state index >= 15 is 0 Å². The summed E-state index contributed by atoms with van der Waals surface area (Å²) in [6, 6.07) is 9.96. The maximum Gasteiger partial charge on any atom is 0.287 e. The Morgan fingerprint density at radius 1 is 1.45 bits per heavy atom. The Morgan fingerprint density at radius 2 is 2.20 bits per heavy atom. The van der Waals surface area contributed by atoms with Crippen molar-refractivity contribution in [2.24, 2.45) is 0 Å². The molecule has 1 aromatic heterocycles. The first-order chi connectivity index (χ1) is 9.51. The lowest BCUT2D eigenvalue weighted by molar-refractivity contribution is -0.385. The fourth-order valence-electron chi connectivity index (χ4n) is 1.76. The van der Waals surface area contributed by atoms with Gasteiger partial charge in [0.05, 0.1) is 15.3 Å². The van der Waals surface area contributed by atoms with E-state index in [0.717, 1.165) is 4.88 Å². The minimum Gasteiger partial charge on any atom is -0.378 e. The maximum atomic E-state index is 10.8. The minimum absolute atomic E-state index is 0.000462. The van der Waals surface area contributed by atoms with Crippen molar-refractivity contribution in [1.29, 1.82) is 5.26 Å². The Morgan fingerprint density at radius 3 is 2.75 bits per heavy atom. The van der Waals surface area contributed by atoms with Crippen LogP contribution < -0.4 is 5.32 Å². The normalized spacial score (nSPS) is 11.7. The van der Waals surface area contributed by atoms with Crippen LogP contribution in [0.25, 0.3) is 0 Å². The van der Waals surface area contributed by atoms with Crippen molar-refractivity contribution < 1.29 is 4.92 Å². The van der Waals surface area contributed by atoms with Crippen molar-refractivity contribution in [3.05, 3.63) is 55.2 Å². The van der Waals surface area contributed by atoms with Crippen molar-refractivity contribution in [2.75, 3.05) is 5.32 Å². The summed E-state index contributed by atoms with van der Waals surface area (Å²) in [5, 5.41) is 22.9. The highest BCUT2D eigenvalue weighted by atomic mass is 35.5. The molecular weight excluding hydrogens is 298 g/mol. The Bertz CT molecular complexity index is 693. The maximum absolute atomic E-state index is 10.8. The summed E-state index contributed by atoms with van der Waals surface area (Å²) in [5.41, 5.74) is 0.505. The molecule has 0 aliphatic carbocycles. The number of nitrogens with zero attached hydrogens (tertiary/aromatic N) is 2. The van der Waals surface area contributed by atoms with Crippen LogP contribution in [0.2, 0.25) is 4.34 Å². The van der Waals surface area contributed by atoms with E-state index in [1.165, 1.54) is 23.5 Å². The second kappa shape index (κ2) is 5.90. The topological polar surface area (TPSA) is 79.0 Å². The second-order valence-corrected chi connectivity index (χ2v) is 5.86. The van der Waals surface area contributed by atoms with Gasteiger partial charge in [0.15, 0.2) is 0 Å². The molecule has 0 saturated carbocycles. The molecule has 5 nitrogen and oxygen atoms in total. The molecule has 0 amide bonds. The van der Waals surface area contributed by atoms with Crippen LogP contribution >= 0.6 is 22.9 Å². The smallest absolute Gasteiger partial charge is 0.287 e. The van der Waals surface area contributed by atoms with E-state index in [4.69, 9.17) is 16.9 Å². The third-order valence-electron chi connectivity index (χ3n) is 2.72. The molecule has 0 aliphatic rings. The van der Waals surface area contributed by atoms with Crippen molar-refractivity contribution in [3.8, 4) is 6.07 Å². The van der Waals surface area contributed by atoms with E-state index in [2.05, 4.69) is 5.32 Å². The Kier molecular flexibility index (Phi) is 4.23. The average molecular weight is 308 g/mol. The Labute approximate surface area is 124 Å². The van der Waals surface area contributed by atoms with Gasteiger partial charge in [0.1, 0.15) is 11.6 Å². The molecule has 102 valence electrons. The quantitative estimate of drug-likeness (QED) is 0.672. The van der Waals surface area contributed by atoms with E-state index in [0.29, 0.717) is 10.0 Å². The van der Waals surface area contributed by atoms with Crippen molar-refractivity contribution >= 4 is 34.3 Å². The highest BCUT2D eigenvalue weighted by Gasteiger charge is 2.15. The standard InChI is InChI=1S/C13H10ClN3O2S/c1-8(12-4-5-13(14)20-12)16-10-2-3-11(17(18)19)9(6-10)7-15/h2-6,8,16H,1H3. The van der Waals surface area contributed by atoms with E-state index in [-0.39, 0.29) is 17.3 Å². The molecule has 0 spiro atoms. The fraction of sp³-hybridized carbons (Fsp3) is 0.154. The number of nitro benzene ring substituents is 1. The molecule has 1 heterocycles. The number of hydrogen-bond donors (Lipinski definition) is 1. The first kappa shape index (κ1) is 14.3. The zero-order chi connectivity index (χ0) is 14.7. The van der Waals surface area contributed by atoms with Crippen LogP contribution in [0.3, 0.4) is 0 Å². The molecule has 0 fully saturated rings. The molecule has 1 aromatic carbocycles. The molecule has 0 bridgehead atoms. The number of nitro groups is 1. The Balaban J connectivity index is 2.22. The first-order valence-corrected chi connectivity index (χ1v) is 6.91. The van der Waals surface area contributed by atoms with Gasteiger partial charge in [-0.25, -0.2) is 0 Å².